The molecule has 0 radical (unpaired) electrons. The van der Waals surface area contributed by atoms with Crippen LogP contribution in [0, 0.1) is 0 Å². The molecular weight excluding hydrogens is 392 g/mol. The number of anilines is 1. The number of hydrogen-bond donors (Lipinski definition) is 1. The number of alkyl halides is 6. The van der Waals surface area contributed by atoms with E-state index in [4.69, 9.17) is 0 Å². The number of hydrogen-bond acceptors (Lipinski definition) is 3. The average Bonchev–Trinajstić information content (AvgIpc) is 3.24. The van der Waals surface area contributed by atoms with Crippen LogP contribution < -0.4 is 5.32 Å². The van der Waals surface area contributed by atoms with E-state index in [9.17, 15) is 31.1 Å². The van der Waals surface area contributed by atoms with Crippen LogP contribution in [0.3, 0.4) is 0 Å². The molecule has 0 saturated heterocycles. The monoisotopic (exact) mass is 403 g/mol. The summed E-state index contributed by atoms with van der Waals surface area (Å²) < 4.78 is 78.6. The van der Waals surface area contributed by atoms with Crippen LogP contribution in [0.5, 0.6) is 0 Å². The highest BCUT2D eigenvalue weighted by Gasteiger charge is 2.34. The Hall–Kier alpha value is -3.31. The first-order valence-electron chi connectivity index (χ1n) is 7.66. The molecule has 0 aliphatic rings. The van der Waals surface area contributed by atoms with Gasteiger partial charge in [0.25, 0.3) is 0 Å². The van der Waals surface area contributed by atoms with E-state index in [0.717, 1.165) is 29.1 Å². The van der Waals surface area contributed by atoms with Gasteiger partial charge in [-0.2, -0.15) is 36.5 Å². The molecule has 0 saturated carbocycles. The molecule has 2 heterocycles. The van der Waals surface area contributed by atoms with Crippen molar-refractivity contribution in [2.45, 2.75) is 18.9 Å². The van der Waals surface area contributed by atoms with E-state index in [1.807, 2.05) is 0 Å². The number of rotatable bonds is 4. The van der Waals surface area contributed by atoms with Crippen molar-refractivity contribution in [3.63, 3.8) is 0 Å². The molecule has 148 valence electrons. The fourth-order valence-electron chi connectivity index (χ4n) is 2.36. The Morgan fingerprint density at radius 3 is 2.36 bits per heavy atom. The molecule has 2 aromatic heterocycles. The summed E-state index contributed by atoms with van der Waals surface area (Å²) in [6.45, 7) is -0.620. The van der Waals surface area contributed by atoms with Crippen molar-refractivity contribution < 1.29 is 31.1 Å². The maximum absolute atomic E-state index is 13.0. The molecule has 0 bridgehead atoms. The number of carbonyl (C=O) groups is 1. The maximum Gasteiger partial charge on any atom is 0.435 e. The fraction of sp³-hybridized carbons (Fsp3) is 0.188. The Morgan fingerprint density at radius 1 is 1.04 bits per heavy atom. The standard InChI is InChI=1S/C16H11F6N5O/c17-15(18,19)10-2-3-12(27-6-1-5-23-27)11(8-10)24-14(28)9-26-7-4-13(25-26)16(20,21)22/h1-8H,9H2,(H,24,28). The minimum Gasteiger partial charge on any atom is -0.323 e. The normalized spacial score (nSPS) is 12.2. The fourth-order valence-corrected chi connectivity index (χ4v) is 2.36. The Balaban J connectivity index is 1.85. The molecule has 0 atom stereocenters. The first kappa shape index (κ1) is 19.5. The van der Waals surface area contributed by atoms with Gasteiger partial charge in [0.2, 0.25) is 5.91 Å². The van der Waals surface area contributed by atoms with Gasteiger partial charge in [0.05, 0.1) is 16.9 Å². The topological polar surface area (TPSA) is 64.7 Å². The van der Waals surface area contributed by atoms with E-state index in [-0.39, 0.29) is 11.4 Å². The highest BCUT2D eigenvalue weighted by molar-refractivity contribution is 5.92. The Labute approximate surface area is 153 Å². The van der Waals surface area contributed by atoms with Gasteiger partial charge in [-0.3, -0.25) is 9.48 Å². The van der Waals surface area contributed by atoms with Crippen LogP contribution in [0.25, 0.3) is 5.69 Å². The number of nitrogens with zero attached hydrogens (tertiary/aromatic N) is 4. The molecule has 0 aliphatic heterocycles. The molecule has 6 nitrogen and oxygen atoms in total. The molecule has 0 spiro atoms. The molecule has 1 amide bonds. The summed E-state index contributed by atoms with van der Waals surface area (Å²) in [5.74, 6) is -0.857. The molecule has 0 unspecified atom stereocenters. The molecule has 1 N–H and O–H groups in total. The molecule has 0 fully saturated rings. The van der Waals surface area contributed by atoms with Gasteiger partial charge >= 0.3 is 12.4 Å². The van der Waals surface area contributed by atoms with Crippen LogP contribution >= 0.6 is 0 Å². The Kier molecular flexibility index (Phi) is 4.87. The first-order valence-corrected chi connectivity index (χ1v) is 7.66. The van der Waals surface area contributed by atoms with E-state index >= 15 is 0 Å². The lowest BCUT2D eigenvalue weighted by atomic mass is 10.1. The van der Waals surface area contributed by atoms with Crippen LogP contribution in [0.2, 0.25) is 0 Å². The molecule has 0 aliphatic carbocycles. The first-order chi connectivity index (χ1) is 13.0. The summed E-state index contributed by atoms with van der Waals surface area (Å²) in [5, 5.41) is 9.39. The van der Waals surface area contributed by atoms with Gasteiger partial charge in [-0.25, -0.2) is 4.68 Å². The lowest BCUT2D eigenvalue weighted by Crippen LogP contribution is -2.21. The van der Waals surface area contributed by atoms with Crippen LogP contribution in [0.1, 0.15) is 11.3 Å². The van der Waals surface area contributed by atoms with E-state index in [0.29, 0.717) is 6.07 Å². The molecule has 12 heteroatoms. The molecule has 3 aromatic rings. The number of amides is 1. The van der Waals surface area contributed by atoms with Crippen LogP contribution in [-0.2, 0) is 23.7 Å². The highest BCUT2D eigenvalue weighted by atomic mass is 19.4. The summed E-state index contributed by atoms with van der Waals surface area (Å²) >= 11 is 0. The van der Waals surface area contributed by atoms with Crippen molar-refractivity contribution in [3.05, 3.63) is 60.2 Å². The zero-order valence-electron chi connectivity index (χ0n) is 13.8. The van der Waals surface area contributed by atoms with Gasteiger partial charge in [0.1, 0.15) is 6.54 Å². The van der Waals surface area contributed by atoms with Crippen LogP contribution in [0.4, 0.5) is 32.0 Å². The number of halogens is 6. The predicted molar refractivity (Wildman–Crippen MR) is 84.4 cm³/mol. The number of benzene rings is 1. The minimum atomic E-state index is -4.67. The van der Waals surface area contributed by atoms with Crippen molar-refractivity contribution >= 4 is 11.6 Å². The summed E-state index contributed by atoms with van der Waals surface area (Å²) in [5.41, 5.74) is -2.23. The second-order valence-electron chi connectivity index (χ2n) is 5.62. The Morgan fingerprint density at radius 2 is 1.79 bits per heavy atom. The third kappa shape index (κ3) is 4.32. The SMILES string of the molecule is O=C(Cn1ccc(C(F)(F)F)n1)Nc1cc(C(F)(F)F)ccc1-n1cccn1. The lowest BCUT2D eigenvalue weighted by molar-refractivity contribution is -0.141. The molecular formula is C16H11F6N5O. The van der Waals surface area contributed by atoms with E-state index < -0.39 is 36.1 Å². The smallest absolute Gasteiger partial charge is 0.323 e. The zero-order valence-corrected chi connectivity index (χ0v) is 13.8. The van der Waals surface area contributed by atoms with E-state index in [1.165, 1.54) is 23.1 Å². The summed E-state index contributed by atoms with van der Waals surface area (Å²) in [7, 11) is 0. The van der Waals surface area contributed by atoms with Gasteiger partial charge in [-0.05, 0) is 30.3 Å². The van der Waals surface area contributed by atoms with Gasteiger partial charge in [-0.1, -0.05) is 0 Å². The van der Waals surface area contributed by atoms with Gasteiger partial charge < -0.3 is 5.32 Å². The summed E-state index contributed by atoms with van der Waals surface area (Å²) in [6, 6.07) is 4.90. The lowest BCUT2D eigenvalue weighted by Gasteiger charge is -2.14. The van der Waals surface area contributed by atoms with Crippen molar-refractivity contribution in [2.75, 3.05) is 5.32 Å². The quantitative estimate of drug-likeness (QED) is 0.675. The highest BCUT2D eigenvalue weighted by Crippen LogP contribution is 2.33. The summed E-state index contributed by atoms with van der Waals surface area (Å²) in [4.78, 5) is 12.2. The van der Waals surface area contributed by atoms with Crippen LogP contribution in [0.15, 0.2) is 48.9 Å². The van der Waals surface area contributed by atoms with Crippen molar-refractivity contribution in [2.24, 2.45) is 0 Å². The largest absolute Gasteiger partial charge is 0.435 e. The third-order valence-electron chi connectivity index (χ3n) is 3.59. The van der Waals surface area contributed by atoms with Gasteiger partial charge in [-0.15, -0.1) is 0 Å². The van der Waals surface area contributed by atoms with Crippen LogP contribution in [-0.4, -0.2) is 25.5 Å². The zero-order chi connectivity index (χ0) is 20.5. The molecule has 3 rings (SSSR count). The van der Waals surface area contributed by atoms with Crippen molar-refractivity contribution in [1.82, 2.24) is 19.6 Å². The predicted octanol–water partition coefficient (Wildman–Crippen LogP) is 3.75. The number of carbonyl (C=O) groups excluding carboxylic acids is 1. The van der Waals surface area contributed by atoms with E-state index in [1.54, 1.807) is 0 Å². The number of aromatic nitrogens is 4. The minimum absolute atomic E-state index is 0.155. The van der Waals surface area contributed by atoms with Gasteiger partial charge in [0, 0.05) is 18.6 Å². The van der Waals surface area contributed by atoms with E-state index in [2.05, 4.69) is 15.5 Å². The van der Waals surface area contributed by atoms with Crippen molar-refractivity contribution in [1.29, 1.82) is 0 Å². The third-order valence-corrected chi connectivity index (χ3v) is 3.59. The molecule has 28 heavy (non-hydrogen) atoms. The number of nitrogens with one attached hydrogen (secondary N) is 1. The second kappa shape index (κ2) is 7.02. The maximum atomic E-state index is 13.0. The Bertz CT molecular complexity index is 974. The summed E-state index contributed by atoms with van der Waals surface area (Å²) in [6.07, 6.45) is -5.52. The van der Waals surface area contributed by atoms with Crippen molar-refractivity contribution in [3.8, 4) is 5.69 Å². The second-order valence-corrected chi connectivity index (χ2v) is 5.62. The van der Waals surface area contributed by atoms with Gasteiger partial charge in [0.15, 0.2) is 5.69 Å². The average molecular weight is 403 g/mol. The molecule has 1 aromatic carbocycles.